The SMILES string of the molecule is CCCCC(F)=C(F)c1ccc(-c2ccc(C#N)c(F)c2)cc1. The second-order valence-corrected chi connectivity index (χ2v) is 5.21. The second-order valence-electron chi connectivity index (χ2n) is 5.21. The number of nitriles is 1. The van der Waals surface area contributed by atoms with Gasteiger partial charge < -0.3 is 0 Å². The summed E-state index contributed by atoms with van der Waals surface area (Å²) >= 11 is 0. The maximum absolute atomic E-state index is 14.0. The summed E-state index contributed by atoms with van der Waals surface area (Å²) in [6.07, 6.45) is 1.48. The third kappa shape index (κ3) is 4.01. The summed E-state index contributed by atoms with van der Waals surface area (Å²) in [4.78, 5) is 0. The number of hydrogen-bond donors (Lipinski definition) is 0. The van der Waals surface area contributed by atoms with Gasteiger partial charge in [-0.25, -0.2) is 13.2 Å². The molecule has 23 heavy (non-hydrogen) atoms. The molecule has 0 atom stereocenters. The highest BCUT2D eigenvalue weighted by molar-refractivity contribution is 5.69. The van der Waals surface area contributed by atoms with Crippen molar-refractivity contribution in [3.63, 3.8) is 0 Å². The van der Waals surface area contributed by atoms with Crippen LogP contribution in [0.4, 0.5) is 13.2 Å². The molecule has 4 heteroatoms. The maximum atomic E-state index is 14.0. The monoisotopic (exact) mass is 315 g/mol. The van der Waals surface area contributed by atoms with Gasteiger partial charge in [0.2, 0.25) is 0 Å². The van der Waals surface area contributed by atoms with Crippen LogP contribution in [0.3, 0.4) is 0 Å². The third-order valence-corrected chi connectivity index (χ3v) is 3.55. The first-order valence-corrected chi connectivity index (χ1v) is 7.41. The largest absolute Gasteiger partial charge is 0.209 e. The van der Waals surface area contributed by atoms with Gasteiger partial charge in [0.15, 0.2) is 5.83 Å². The summed E-state index contributed by atoms with van der Waals surface area (Å²) in [5.74, 6) is -2.20. The molecule has 0 unspecified atom stereocenters. The van der Waals surface area contributed by atoms with Crippen molar-refractivity contribution in [1.29, 1.82) is 5.26 Å². The van der Waals surface area contributed by atoms with Gasteiger partial charge in [0.05, 0.1) is 5.56 Å². The smallest absolute Gasteiger partial charge is 0.161 e. The summed E-state index contributed by atoms with van der Waals surface area (Å²) in [6.45, 7) is 1.91. The molecule has 0 aromatic heterocycles. The molecule has 0 spiro atoms. The third-order valence-electron chi connectivity index (χ3n) is 3.55. The molecular weight excluding hydrogens is 299 g/mol. The summed E-state index contributed by atoms with van der Waals surface area (Å²) in [5, 5.41) is 8.72. The maximum Gasteiger partial charge on any atom is 0.161 e. The highest BCUT2D eigenvalue weighted by Gasteiger charge is 2.10. The Morgan fingerprint density at radius 1 is 1.04 bits per heavy atom. The van der Waals surface area contributed by atoms with E-state index in [1.54, 1.807) is 24.3 Å². The lowest BCUT2D eigenvalue weighted by Gasteiger charge is -2.05. The van der Waals surface area contributed by atoms with E-state index in [1.807, 2.05) is 6.92 Å². The second kappa shape index (κ2) is 7.64. The molecule has 2 aromatic carbocycles. The molecule has 0 amide bonds. The molecule has 0 bridgehead atoms. The lowest BCUT2D eigenvalue weighted by atomic mass is 10.0. The highest BCUT2D eigenvalue weighted by atomic mass is 19.2. The van der Waals surface area contributed by atoms with E-state index in [0.717, 1.165) is 6.42 Å². The van der Waals surface area contributed by atoms with Crippen LogP contribution in [0.2, 0.25) is 0 Å². The topological polar surface area (TPSA) is 23.8 Å². The van der Waals surface area contributed by atoms with E-state index >= 15 is 0 Å². The van der Waals surface area contributed by atoms with E-state index in [2.05, 4.69) is 0 Å². The van der Waals surface area contributed by atoms with Gasteiger partial charge >= 0.3 is 0 Å². The Morgan fingerprint density at radius 2 is 1.70 bits per heavy atom. The summed E-state index contributed by atoms with van der Waals surface area (Å²) < 4.78 is 41.2. The molecule has 0 saturated heterocycles. The number of unbranched alkanes of at least 4 members (excludes halogenated alkanes) is 1. The van der Waals surface area contributed by atoms with Crippen LogP contribution in [0, 0.1) is 17.1 Å². The Labute approximate surface area is 133 Å². The number of benzene rings is 2. The van der Waals surface area contributed by atoms with Crippen LogP contribution in [0.5, 0.6) is 0 Å². The van der Waals surface area contributed by atoms with Gasteiger partial charge in [-0.1, -0.05) is 43.7 Å². The summed E-state index contributed by atoms with van der Waals surface area (Å²) in [5.41, 5.74) is 1.37. The quantitative estimate of drug-likeness (QED) is 0.648. The van der Waals surface area contributed by atoms with Crippen molar-refractivity contribution in [2.24, 2.45) is 0 Å². The molecule has 0 aliphatic rings. The van der Waals surface area contributed by atoms with Crippen molar-refractivity contribution in [3.8, 4) is 17.2 Å². The van der Waals surface area contributed by atoms with Crippen LogP contribution in [0.15, 0.2) is 48.3 Å². The van der Waals surface area contributed by atoms with Gasteiger partial charge in [-0.3, -0.25) is 0 Å². The van der Waals surface area contributed by atoms with Crippen LogP contribution in [0.1, 0.15) is 37.3 Å². The van der Waals surface area contributed by atoms with Crippen LogP contribution >= 0.6 is 0 Å². The van der Waals surface area contributed by atoms with E-state index < -0.39 is 17.5 Å². The molecule has 0 saturated carbocycles. The molecule has 0 aliphatic carbocycles. The zero-order valence-electron chi connectivity index (χ0n) is 12.7. The lowest BCUT2D eigenvalue weighted by Crippen LogP contribution is -1.87. The van der Waals surface area contributed by atoms with Gasteiger partial charge in [0.25, 0.3) is 0 Å². The van der Waals surface area contributed by atoms with Crippen molar-refractivity contribution >= 4 is 5.83 Å². The Bertz CT molecular complexity index is 755. The summed E-state index contributed by atoms with van der Waals surface area (Å²) in [6, 6.07) is 12.1. The number of nitrogens with zero attached hydrogens (tertiary/aromatic N) is 1. The molecule has 2 aromatic rings. The fraction of sp³-hybridized carbons (Fsp3) is 0.211. The van der Waals surface area contributed by atoms with E-state index in [1.165, 1.54) is 24.3 Å². The van der Waals surface area contributed by atoms with Crippen LogP contribution < -0.4 is 0 Å². The molecule has 118 valence electrons. The van der Waals surface area contributed by atoms with Gasteiger partial charge in [0.1, 0.15) is 17.7 Å². The molecule has 2 rings (SSSR count). The first-order chi connectivity index (χ1) is 11.1. The molecule has 0 aliphatic heterocycles. The number of rotatable bonds is 5. The average molecular weight is 315 g/mol. The molecule has 0 fully saturated rings. The Hall–Kier alpha value is -2.54. The lowest BCUT2D eigenvalue weighted by molar-refractivity contribution is 0.548. The van der Waals surface area contributed by atoms with E-state index in [-0.39, 0.29) is 17.5 Å². The first-order valence-electron chi connectivity index (χ1n) is 7.41. The van der Waals surface area contributed by atoms with E-state index in [0.29, 0.717) is 17.5 Å². The minimum Gasteiger partial charge on any atom is -0.209 e. The number of hydrogen-bond acceptors (Lipinski definition) is 1. The van der Waals surface area contributed by atoms with E-state index in [4.69, 9.17) is 5.26 Å². The van der Waals surface area contributed by atoms with E-state index in [9.17, 15) is 13.2 Å². The molecular formula is C19H16F3N. The van der Waals surface area contributed by atoms with Gasteiger partial charge in [-0.05, 0) is 29.7 Å². The molecule has 0 N–H and O–H groups in total. The Morgan fingerprint density at radius 3 is 2.26 bits per heavy atom. The van der Waals surface area contributed by atoms with Crippen molar-refractivity contribution in [3.05, 3.63) is 65.2 Å². The Kier molecular flexibility index (Phi) is 5.59. The first kappa shape index (κ1) is 16.8. The predicted octanol–water partition coefficient (Wildman–Crippen LogP) is 6.16. The van der Waals surface area contributed by atoms with Crippen molar-refractivity contribution < 1.29 is 13.2 Å². The van der Waals surface area contributed by atoms with Crippen LogP contribution in [-0.2, 0) is 0 Å². The van der Waals surface area contributed by atoms with Gasteiger partial charge in [-0.15, -0.1) is 0 Å². The molecule has 0 radical (unpaired) electrons. The zero-order valence-corrected chi connectivity index (χ0v) is 12.7. The normalized spacial score (nSPS) is 11.8. The minimum absolute atomic E-state index is 0.0302. The highest BCUT2D eigenvalue weighted by Crippen LogP contribution is 2.28. The van der Waals surface area contributed by atoms with Gasteiger partial charge in [0, 0.05) is 12.0 Å². The van der Waals surface area contributed by atoms with Crippen molar-refractivity contribution in [2.75, 3.05) is 0 Å². The fourth-order valence-electron chi connectivity index (χ4n) is 2.19. The van der Waals surface area contributed by atoms with Crippen molar-refractivity contribution in [1.82, 2.24) is 0 Å². The average Bonchev–Trinajstić information content (AvgIpc) is 2.59. The van der Waals surface area contributed by atoms with Gasteiger partial charge in [-0.2, -0.15) is 5.26 Å². The predicted molar refractivity (Wildman–Crippen MR) is 85.2 cm³/mol. The Balaban J connectivity index is 2.26. The van der Waals surface area contributed by atoms with Crippen LogP contribution in [-0.4, -0.2) is 0 Å². The summed E-state index contributed by atoms with van der Waals surface area (Å²) in [7, 11) is 0. The minimum atomic E-state index is -0.851. The zero-order chi connectivity index (χ0) is 16.8. The molecule has 0 heterocycles. The number of halogens is 3. The standard InChI is InChI=1S/C19H16F3N/c1-2-3-4-17(20)19(22)14-7-5-13(6-8-14)15-9-10-16(12-23)18(21)11-15/h5-11H,2-4H2,1H3. The number of allylic oxidation sites excluding steroid dienone is 1. The fourth-order valence-corrected chi connectivity index (χ4v) is 2.19. The van der Waals surface area contributed by atoms with Crippen molar-refractivity contribution in [2.45, 2.75) is 26.2 Å². The van der Waals surface area contributed by atoms with Crippen LogP contribution in [0.25, 0.3) is 17.0 Å². The molecule has 1 nitrogen and oxygen atoms in total.